The molecule has 0 radical (unpaired) electrons. The lowest BCUT2D eigenvalue weighted by Crippen LogP contribution is -2.41. The molecule has 0 atom stereocenters. The maximum absolute atomic E-state index is 13.6. The van der Waals surface area contributed by atoms with Crippen molar-refractivity contribution in [1.29, 1.82) is 0 Å². The lowest BCUT2D eigenvalue weighted by Gasteiger charge is -2.24. The minimum absolute atomic E-state index is 0.0476. The normalized spacial score (nSPS) is 12.3. The molecule has 2 aromatic heterocycles. The van der Waals surface area contributed by atoms with Crippen LogP contribution in [0.15, 0.2) is 80.9 Å². The number of nitrogens with one attached hydrogen (secondary N) is 1. The van der Waals surface area contributed by atoms with Crippen molar-refractivity contribution >= 4 is 17.4 Å². The summed E-state index contributed by atoms with van der Waals surface area (Å²) in [5, 5.41) is 0. The number of ether oxygens (including phenoxy) is 2. The van der Waals surface area contributed by atoms with E-state index >= 15 is 0 Å². The third-order valence-electron chi connectivity index (χ3n) is 5.82. The second kappa shape index (κ2) is 9.87. The number of carbonyl (C=O) groups is 1. The maximum atomic E-state index is 13.6. The van der Waals surface area contributed by atoms with Crippen LogP contribution in [0, 0.1) is 0 Å². The summed E-state index contributed by atoms with van der Waals surface area (Å²) in [5.74, 6) is 1.08. The van der Waals surface area contributed by atoms with E-state index < -0.39 is 17.2 Å². The molecule has 1 amide bonds. The van der Waals surface area contributed by atoms with Gasteiger partial charge in [-0.1, -0.05) is 36.4 Å². The Morgan fingerprint density at radius 1 is 0.972 bits per heavy atom. The zero-order valence-electron chi connectivity index (χ0n) is 19.3. The summed E-state index contributed by atoms with van der Waals surface area (Å²) < 4.78 is 17.8. The fourth-order valence-electron chi connectivity index (χ4n) is 4.08. The zero-order chi connectivity index (χ0) is 25.1. The molecular formula is C26H24N4O6. The largest absolute Gasteiger partial charge is 0.486 e. The quantitative estimate of drug-likeness (QED) is 0.408. The van der Waals surface area contributed by atoms with Crippen LogP contribution in [0.1, 0.15) is 16.9 Å². The molecule has 0 unspecified atom stereocenters. The molecule has 0 aliphatic carbocycles. The van der Waals surface area contributed by atoms with Gasteiger partial charge in [0.25, 0.3) is 5.56 Å². The van der Waals surface area contributed by atoms with E-state index in [9.17, 15) is 14.4 Å². The highest BCUT2D eigenvalue weighted by atomic mass is 16.6. The number of aromatic amines is 1. The molecule has 10 nitrogen and oxygen atoms in total. The van der Waals surface area contributed by atoms with Gasteiger partial charge in [-0.3, -0.25) is 24.0 Å². The van der Waals surface area contributed by atoms with Crippen LogP contribution in [0.4, 0.5) is 11.5 Å². The van der Waals surface area contributed by atoms with Crippen LogP contribution in [0.5, 0.6) is 11.5 Å². The Balaban J connectivity index is 1.52. The Bertz CT molecular complexity index is 1490. The van der Waals surface area contributed by atoms with Crippen molar-refractivity contribution in [3.05, 3.63) is 105 Å². The molecule has 1 aliphatic heterocycles. The molecule has 2 aromatic carbocycles. The van der Waals surface area contributed by atoms with Crippen molar-refractivity contribution < 1.29 is 18.7 Å². The fourth-order valence-corrected chi connectivity index (χ4v) is 4.08. The van der Waals surface area contributed by atoms with E-state index in [0.29, 0.717) is 36.0 Å². The first kappa shape index (κ1) is 23.0. The third kappa shape index (κ3) is 4.74. The van der Waals surface area contributed by atoms with E-state index in [1.54, 1.807) is 30.3 Å². The average Bonchev–Trinajstić information content (AvgIpc) is 3.40. The number of nitrogens with zero attached hydrogens (tertiary/aromatic N) is 2. The predicted molar refractivity (Wildman–Crippen MR) is 132 cm³/mol. The number of carbonyl (C=O) groups excluding carboxylic acids is 1. The molecule has 10 heteroatoms. The Kier molecular flexibility index (Phi) is 6.31. The number of aromatic nitrogens is 2. The van der Waals surface area contributed by atoms with Crippen molar-refractivity contribution in [3.63, 3.8) is 0 Å². The maximum Gasteiger partial charge on any atom is 0.330 e. The molecule has 0 spiro atoms. The van der Waals surface area contributed by atoms with Crippen molar-refractivity contribution in [2.24, 2.45) is 0 Å². The second-order valence-electron chi connectivity index (χ2n) is 8.28. The van der Waals surface area contributed by atoms with Crippen LogP contribution >= 0.6 is 0 Å². The van der Waals surface area contributed by atoms with E-state index in [0.717, 1.165) is 5.56 Å². The summed E-state index contributed by atoms with van der Waals surface area (Å²) in [6.45, 7) is 0.959. The highest BCUT2D eigenvalue weighted by Gasteiger charge is 2.26. The first-order chi connectivity index (χ1) is 17.5. The molecule has 0 fully saturated rings. The van der Waals surface area contributed by atoms with E-state index in [4.69, 9.17) is 19.6 Å². The molecule has 0 saturated carbocycles. The summed E-state index contributed by atoms with van der Waals surface area (Å²) in [6.07, 6.45) is 1.43. The monoisotopic (exact) mass is 488 g/mol. The number of rotatable bonds is 7. The minimum atomic E-state index is -0.760. The van der Waals surface area contributed by atoms with Gasteiger partial charge < -0.3 is 19.6 Å². The number of benzene rings is 2. The number of nitrogen functional groups attached to an aromatic ring is 1. The van der Waals surface area contributed by atoms with Gasteiger partial charge in [-0.15, -0.1) is 0 Å². The Morgan fingerprint density at radius 2 is 1.75 bits per heavy atom. The highest BCUT2D eigenvalue weighted by Crippen LogP contribution is 2.31. The molecule has 0 bridgehead atoms. The van der Waals surface area contributed by atoms with Gasteiger partial charge in [-0.25, -0.2) is 4.79 Å². The van der Waals surface area contributed by atoms with Crippen molar-refractivity contribution in [2.45, 2.75) is 19.5 Å². The van der Waals surface area contributed by atoms with Gasteiger partial charge in [-0.2, -0.15) is 0 Å². The number of hydrogen-bond donors (Lipinski definition) is 2. The SMILES string of the molecule is Nc1c(N(Cc2ccco2)C(=O)Cc2ccc3c(c2)OCCO3)c(=O)[nH]c(=O)n1Cc1ccccc1. The Hall–Kier alpha value is -4.73. The van der Waals surface area contributed by atoms with Crippen molar-refractivity contribution in [2.75, 3.05) is 23.8 Å². The van der Waals surface area contributed by atoms with Gasteiger partial charge >= 0.3 is 5.69 Å². The van der Waals surface area contributed by atoms with Gasteiger partial charge in [0.05, 0.1) is 25.8 Å². The number of fused-ring (bicyclic) bond motifs is 1. The Labute approximate surface area is 205 Å². The van der Waals surface area contributed by atoms with Gasteiger partial charge in [0, 0.05) is 0 Å². The molecule has 3 N–H and O–H groups in total. The molecule has 184 valence electrons. The first-order valence-corrected chi connectivity index (χ1v) is 11.4. The molecule has 1 aliphatic rings. The lowest BCUT2D eigenvalue weighted by molar-refractivity contribution is -0.118. The summed E-state index contributed by atoms with van der Waals surface area (Å²) in [7, 11) is 0. The zero-order valence-corrected chi connectivity index (χ0v) is 19.3. The molecule has 0 saturated heterocycles. The topological polar surface area (TPSA) is 133 Å². The van der Waals surface area contributed by atoms with Crippen molar-refractivity contribution in [1.82, 2.24) is 9.55 Å². The van der Waals surface area contributed by atoms with Crippen LogP contribution in [-0.2, 0) is 24.3 Å². The van der Waals surface area contributed by atoms with Crippen LogP contribution in [0.25, 0.3) is 0 Å². The van der Waals surface area contributed by atoms with E-state index in [1.807, 2.05) is 30.3 Å². The van der Waals surface area contributed by atoms with Crippen LogP contribution < -0.4 is 31.4 Å². The van der Waals surface area contributed by atoms with E-state index in [-0.39, 0.29) is 31.0 Å². The van der Waals surface area contributed by atoms with E-state index in [1.165, 1.54) is 15.7 Å². The molecule has 36 heavy (non-hydrogen) atoms. The van der Waals surface area contributed by atoms with Gasteiger partial charge in [0.15, 0.2) is 17.2 Å². The number of nitrogens with two attached hydrogens (primary N) is 1. The summed E-state index contributed by atoms with van der Waals surface area (Å²) in [5.41, 5.74) is 6.30. The number of anilines is 2. The van der Waals surface area contributed by atoms with Crippen molar-refractivity contribution in [3.8, 4) is 11.5 Å². The molecule has 5 rings (SSSR count). The fraction of sp³-hybridized carbons (Fsp3) is 0.192. The highest BCUT2D eigenvalue weighted by molar-refractivity contribution is 5.96. The lowest BCUT2D eigenvalue weighted by atomic mass is 10.1. The Morgan fingerprint density at radius 3 is 2.50 bits per heavy atom. The average molecular weight is 489 g/mol. The standard InChI is InChI=1S/C26H24N4O6/c27-24-23(25(32)28-26(33)30(24)15-17-5-2-1-3-6-17)29(16-19-7-4-10-34-19)22(31)14-18-8-9-20-21(13-18)36-12-11-35-20/h1-10,13H,11-12,14-16,27H2,(H,28,32,33). The third-order valence-corrected chi connectivity index (χ3v) is 5.82. The van der Waals surface area contributed by atoms with Gasteiger partial charge in [0.1, 0.15) is 24.8 Å². The molecule has 3 heterocycles. The van der Waals surface area contributed by atoms with Crippen LogP contribution in [-0.4, -0.2) is 28.7 Å². The summed E-state index contributed by atoms with van der Waals surface area (Å²) >= 11 is 0. The number of H-pyrrole nitrogens is 1. The van der Waals surface area contributed by atoms with Crippen LogP contribution in [0.2, 0.25) is 0 Å². The number of furan rings is 1. The van der Waals surface area contributed by atoms with Gasteiger partial charge in [-0.05, 0) is 35.4 Å². The summed E-state index contributed by atoms with van der Waals surface area (Å²) in [4.78, 5) is 42.7. The smallest absolute Gasteiger partial charge is 0.330 e. The molecule has 4 aromatic rings. The number of amides is 1. The second-order valence-corrected chi connectivity index (χ2v) is 8.28. The molecular weight excluding hydrogens is 464 g/mol. The van der Waals surface area contributed by atoms with Gasteiger partial charge in [0.2, 0.25) is 5.91 Å². The van der Waals surface area contributed by atoms with Crippen LogP contribution in [0.3, 0.4) is 0 Å². The minimum Gasteiger partial charge on any atom is -0.486 e. The van der Waals surface area contributed by atoms with E-state index in [2.05, 4.69) is 4.98 Å². The predicted octanol–water partition coefficient (Wildman–Crippen LogP) is 2.31. The summed E-state index contributed by atoms with van der Waals surface area (Å²) in [6, 6.07) is 17.8. The first-order valence-electron chi connectivity index (χ1n) is 11.4. The number of hydrogen-bond acceptors (Lipinski definition) is 7.